The molecule has 0 atom stereocenters. The minimum absolute atomic E-state index is 0.120. The number of alkyl halides is 3. The third-order valence-corrected chi connectivity index (χ3v) is 3.27. The van der Waals surface area contributed by atoms with Crippen molar-refractivity contribution in [2.45, 2.75) is 25.9 Å². The smallest absolute Gasteiger partial charge is 0.294 e. The van der Waals surface area contributed by atoms with Crippen LogP contribution in [0.1, 0.15) is 34.2 Å². The van der Waals surface area contributed by atoms with Crippen molar-refractivity contribution in [2.24, 2.45) is 7.05 Å². The first-order chi connectivity index (χ1) is 9.81. The third-order valence-electron chi connectivity index (χ3n) is 3.27. The summed E-state index contributed by atoms with van der Waals surface area (Å²) in [7, 11) is 1.74. The van der Waals surface area contributed by atoms with Gasteiger partial charge in [0.2, 0.25) is 0 Å². The topological polar surface area (TPSA) is 34.9 Å². The number of halogens is 3. The highest BCUT2D eigenvalue weighted by Gasteiger charge is 2.30. The molecule has 0 fully saturated rings. The lowest BCUT2D eigenvalue weighted by molar-refractivity contribution is -0.137. The van der Waals surface area contributed by atoms with Gasteiger partial charge in [0.15, 0.2) is 5.78 Å². The van der Waals surface area contributed by atoms with Gasteiger partial charge in [-0.3, -0.25) is 9.48 Å². The van der Waals surface area contributed by atoms with E-state index in [1.54, 1.807) is 11.7 Å². The van der Waals surface area contributed by atoms with Crippen molar-refractivity contribution in [1.82, 2.24) is 9.78 Å². The second-order valence-electron chi connectivity index (χ2n) is 4.78. The van der Waals surface area contributed by atoms with E-state index in [0.717, 1.165) is 29.9 Å². The van der Waals surface area contributed by atoms with Gasteiger partial charge in [-0.2, -0.15) is 18.3 Å². The number of carbonyl (C=O) groups is 1. The second-order valence-corrected chi connectivity index (χ2v) is 4.78. The van der Waals surface area contributed by atoms with Gasteiger partial charge in [-0.05, 0) is 24.6 Å². The molecule has 1 heterocycles. The summed E-state index contributed by atoms with van der Waals surface area (Å²) in [6.45, 7) is 1.96. The van der Waals surface area contributed by atoms with Gasteiger partial charge in [-0.25, -0.2) is 0 Å². The molecule has 0 aliphatic carbocycles. The summed E-state index contributed by atoms with van der Waals surface area (Å²) < 4.78 is 39.0. The summed E-state index contributed by atoms with van der Waals surface area (Å²) in [5.41, 5.74) is 1.14. The number of carbonyl (C=O) groups excluding carboxylic acids is 1. The van der Waals surface area contributed by atoms with Crippen LogP contribution in [0, 0.1) is 0 Å². The Hall–Kier alpha value is -2.11. The third kappa shape index (κ3) is 3.51. The Kier molecular flexibility index (Phi) is 4.16. The first kappa shape index (κ1) is 15.3. The number of Topliss-reactive ketones (excluding diaryl/α,β-unsaturated/α-hetero) is 1. The highest BCUT2D eigenvalue weighted by Crippen LogP contribution is 2.29. The molecule has 21 heavy (non-hydrogen) atoms. The highest BCUT2D eigenvalue weighted by molar-refractivity contribution is 5.97. The molecular weight excluding hydrogens is 281 g/mol. The van der Waals surface area contributed by atoms with Crippen LogP contribution in [0.2, 0.25) is 0 Å². The Bertz CT molecular complexity index is 642. The van der Waals surface area contributed by atoms with Gasteiger partial charge < -0.3 is 0 Å². The molecule has 0 aliphatic heterocycles. The SMILES string of the molecule is CCc1cc(CC(=O)c2ccc(C(F)(F)F)cc2)n(C)n1. The van der Waals surface area contributed by atoms with E-state index in [1.807, 2.05) is 13.0 Å². The molecule has 112 valence electrons. The summed E-state index contributed by atoms with van der Waals surface area (Å²) in [6.07, 6.45) is -3.50. The fourth-order valence-electron chi connectivity index (χ4n) is 2.02. The van der Waals surface area contributed by atoms with Crippen molar-refractivity contribution in [3.8, 4) is 0 Å². The predicted molar refractivity (Wildman–Crippen MR) is 72.1 cm³/mol. The fourth-order valence-corrected chi connectivity index (χ4v) is 2.02. The van der Waals surface area contributed by atoms with Crippen molar-refractivity contribution in [2.75, 3.05) is 0 Å². The average molecular weight is 296 g/mol. The molecular formula is C15H15F3N2O. The van der Waals surface area contributed by atoms with Crippen LogP contribution in [0.25, 0.3) is 0 Å². The zero-order chi connectivity index (χ0) is 15.6. The van der Waals surface area contributed by atoms with E-state index in [9.17, 15) is 18.0 Å². The van der Waals surface area contributed by atoms with Gasteiger partial charge in [0.05, 0.1) is 17.7 Å². The molecule has 2 aromatic rings. The van der Waals surface area contributed by atoms with Crippen LogP contribution in [0.15, 0.2) is 30.3 Å². The van der Waals surface area contributed by atoms with Crippen molar-refractivity contribution < 1.29 is 18.0 Å². The van der Waals surface area contributed by atoms with Crippen LogP contribution in [-0.2, 0) is 26.1 Å². The van der Waals surface area contributed by atoms with Crippen molar-refractivity contribution in [1.29, 1.82) is 0 Å². The quantitative estimate of drug-likeness (QED) is 0.810. The number of nitrogens with zero attached hydrogens (tertiary/aromatic N) is 2. The molecule has 0 saturated heterocycles. The van der Waals surface area contributed by atoms with Crippen molar-refractivity contribution >= 4 is 5.78 Å². The first-order valence-corrected chi connectivity index (χ1v) is 6.53. The summed E-state index contributed by atoms with van der Waals surface area (Å²) in [4.78, 5) is 12.1. The van der Waals surface area contributed by atoms with E-state index >= 15 is 0 Å². The number of hydrogen-bond acceptors (Lipinski definition) is 2. The van der Waals surface area contributed by atoms with E-state index < -0.39 is 11.7 Å². The van der Waals surface area contributed by atoms with Gasteiger partial charge in [0.1, 0.15) is 0 Å². The lowest BCUT2D eigenvalue weighted by Gasteiger charge is -2.07. The molecule has 6 heteroatoms. The monoisotopic (exact) mass is 296 g/mol. The Morgan fingerprint density at radius 3 is 2.33 bits per heavy atom. The molecule has 0 amide bonds. The summed E-state index contributed by atoms with van der Waals surface area (Å²) in [6, 6.07) is 6.11. The number of hydrogen-bond donors (Lipinski definition) is 0. The second kappa shape index (κ2) is 5.71. The Balaban J connectivity index is 2.15. The summed E-state index contributed by atoms with van der Waals surface area (Å²) in [5.74, 6) is -0.227. The Morgan fingerprint density at radius 2 is 1.86 bits per heavy atom. The van der Waals surface area contributed by atoms with Crippen LogP contribution in [0.3, 0.4) is 0 Å². The molecule has 2 rings (SSSR count). The van der Waals surface area contributed by atoms with Crippen LogP contribution in [-0.4, -0.2) is 15.6 Å². The number of rotatable bonds is 4. The maximum atomic E-state index is 12.5. The maximum absolute atomic E-state index is 12.5. The summed E-state index contributed by atoms with van der Waals surface area (Å²) >= 11 is 0. The predicted octanol–water partition coefficient (Wildman–Crippen LogP) is 3.43. The molecule has 0 aliphatic rings. The van der Waals surface area contributed by atoms with Gasteiger partial charge >= 0.3 is 6.18 Å². The van der Waals surface area contributed by atoms with Gasteiger partial charge in [0, 0.05) is 18.3 Å². The van der Waals surface area contributed by atoms with E-state index in [4.69, 9.17) is 0 Å². The number of aryl methyl sites for hydroxylation is 2. The van der Waals surface area contributed by atoms with Crippen LogP contribution >= 0.6 is 0 Å². The standard InChI is InChI=1S/C15H15F3N2O/c1-3-12-8-13(20(2)19-12)9-14(21)10-4-6-11(7-5-10)15(16,17)18/h4-8H,3,9H2,1-2H3. The van der Waals surface area contributed by atoms with E-state index in [0.29, 0.717) is 0 Å². The molecule has 0 spiro atoms. The Labute approximate surface area is 120 Å². The van der Waals surface area contributed by atoms with Crippen LogP contribution in [0.4, 0.5) is 13.2 Å². The molecule has 0 saturated carbocycles. The van der Waals surface area contributed by atoms with E-state index in [-0.39, 0.29) is 17.8 Å². The van der Waals surface area contributed by atoms with Crippen molar-refractivity contribution in [3.05, 3.63) is 52.8 Å². The Morgan fingerprint density at radius 1 is 1.24 bits per heavy atom. The lowest BCUT2D eigenvalue weighted by atomic mass is 10.0. The van der Waals surface area contributed by atoms with Gasteiger partial charge in [-0.1, -0.05) is 19.1 Å². The van der Waals surface area contributed by atoms with Crippen LogP contribution < -0.4 is 0 Å². The number of benzene rings is 1. The molecule has 1 aromatic heterocycles. The normalized spacial score (nSPS) is 11.7. The minimum atomic E-state index is -4.39. The number of ketones is 1. The zero-order valence-corrected chi connectivity index (χ0v) is 11.7. The number of aromatic nitrogens is 2. The summed E-state index contributed by atoms with van der Waals surface area (Å²) in [5, 5.41) is 4.24. The van der Waals surface area contributed by atoms with Crippen molar-refractivity contribution in [3.63, 3.8) is 0 Å². The van der Waals surface area contributed by atoms with Gasteiger partial charge in [-0.15, -0.1) is 0 Å². The van der Waals surface area contributed by atoms with E-state index in [2.05, 4.69) is 5.10 Å². The minimum Gasteiger partial charge on any atom is -0.294 e. The zero-order valence-electron chi connectivity index (χ0n) is 11.7. The average Bonchev–Trinajstić information content (AvgIpc) is 2.78. The highest BCUT2D eigenvalue weighted by atomic mass is 19.4. The maximum Gasteiger partial charge on any atom is 0.416 e. The lowest BCUT2D eigenvalue weighted by Crippen LogP contribution is -2.09. The van der Waals surface area contributed by atoms with Crippen LogP contribution in [0.5, 0.6) is 0 Å². The van der Waals surface area contributed by atoms with E-state index in [1.165, 1.54) is 12.1 Å². The molecule has 0 unspecified atom stereocenters. The fraction of sp³-hybridized carbons (Fsp3) is 0.333. The molecule has 0 N–H and O–H groups in total. The largest absolute Gasteiger partial charge is 0.416 e. The molecule has 0 bridgehead atoms. The first-order valence-electron chi connectivity index (χ1n) is 6.53. The molecule has 1 aromatic carbocycles. The molecule has 3 nitrogen and oxygen atoms in total. The molecule has 0 radical (unpaired) electrons. The van der Waals surface area contributed by atoms with Gasteiger partial charge in [0.25, 0.3) is 0 Å².